The Bertz CT molecular complexity index is 517. The highest BCUT2D eigenvalue weighted by molar-refractivity contribution is 9.10. The van der Waals surface area contributed by atoms with Gasteiger partial charge < -0.3 is 5.32 Å². The highest BCUT2D eigenvalue weighted by Crippen LogP contribution is 2.22. The number of halogens is 1. The summed E-state index contributed by atoms with van der Waals surface area (Å²) in [4.78, 5) is 0. The monoisotopic (exact) mass is 275 g/mol. The topological polar surface area (TPSA) is 12.0 Å². The first-order valence-electron chi connectivity index (χ1n) is 5.34. The van der Waals surface area contributed by atoms with Gasteiger partial charge in [0.15, 0.2) is 0 Å². The average molecular weight is 276 g/mol. The van der Waals surface area contributed by atoms with Gasteiger partial charge in [0.25, 0.3) is 0 Å². The molecule has 0 radical (unpaired) electrons. The Kier molecular flexibility index (Phi) is 3.62. The molecule has 0 spiro atoms. The molecule has 2 aromatic rings. The molecule has 0 saturated carbocycles. The van der Waals surface area contributed by atoms with Gasteiger partial charge in [-0.25, -0.2) is 0 Å². The first-order valence-corrected chi connectivity index (χ1v) is 6.13. The summed E-state index contributed by atoms with van der Waals surface area (Å²) < 4.78 is 1.12. The average Bonchev–Trinajstić information content (AvgIpc) is 2.29. The van der Waals surface area contributed by atoms with Crippen molar-refractivity contribution >= 4 is 32.4 Å². The van der Waals surface area contributed by atoms with Crippen LogP contribution in [0.2, 0.25) is 0 Å². The normalized spacial score (nSPS) is 11.1. The zero-order chi connectivity index (χ0) is 11.4. The van der Waals surface area contributed by atoms with Crippen molar-refractivity contribution in [3.63, 3.8) is 0 Å². The van der Waals surface area contributed by atoms with E-state index in [9.17, 15) is 0 Å². The van der Waals surface area contributed by atoms with Crippen molar-refractivity contribution in [2.24, 2.45) is 0 Å². The van der Waals surface area contributed by atoms with Gasteiger partial charge >= 0.3 is 0 Å². The van der Waals surface area contributed by atoms with Crippen molar-refractivity contribution in [1.82, 2.24) is 0 Å². The van der Waals surface area contributed by atoms with Gasteiger partial charge in [0.2, 0.25) is 0 Å². The maximum atomic E-state index is 3.48. The number of hydrogen-bond acceptors (Lipinski definition) is 1. The Balaban J connectivity index is 2.26. The third-order valence-electron chi connectivity index (χ3n) is 2.46. The first kappa shape index (κ1) is 11.2. The van der Waals surface area contributed by atoms with Crippen LogP contribution in [0, 0.1) is 0 Å². The van der Waals surface area contributed by atoms with Crippen LogP contribution in [-0.2, 0) is 0 Å². The fraction of sp³-hybridized carbons (Fsp3) is 0.143. The summed E-state index contributed by atoms with van der Waals surface area (Å²) in [7, 11) is 0. The van der Waals surface area contributed by atoms with Crippen molar-refractivity contribution in [2.45, 2.75) is 6.92 Å². The largest absolute Gasteiger partial charge is 0.382 e. The van der Waals surface area contributed by atoms with Crippen LogP contribution in [0.25, 0.3) is 10.8 Å². The SMILES string of the molecule is C/C=C/CNc1ccc2cc(Br)ccc2c1. The van der Waals surface area contributed by atoms with Gasteiger partial charge in [-0.05, 0) is 42.0 Å². The molecule has 0 bridgehead atoms. The Morgan fingerprint density at radius 2 is 1.88 bits per heavy atom. The van der Waals surface area contributed by atoms with Crippen molar-refractivity contribution in [1.29, 1.82) is 0 Å². The number of rotatable bonds is 3. The summed E-state index contributed by atoms with van der Waals surface area (Å²) in [5.41, 5.74) is 1.16. The van der Waals surface area contributed by atoms with Gasteiger partial charge in [-0.1, -0.05) is 40.2 Å². The summed E-state index contributed by atoms with van der Waals surface area (Å²) in [5, 5.41) is 5.87. The van der Waals surface area contributed by atoms with E-state index >= 15 is 0 Å². The van der Waals surface area contributed by atoms with E-state index in [1.165, 1.54) is 10.8 Å². The predicted octanol–water partition coefficient (Wildman–Crippen LogP) is 4.59. The van der Waals surface area contributed by atoms with E-state index in [1.54, 1.807) is 0 Å². The lowest BCUT2D eigenvalue weighted by Gasteiger charge is -2.05. The molecule has 0 aliphatic carbocycles. The maximum absolute atomic E-state index is 3.48. The van der Waals surface area contributed by atoms with Crippen LogP contribution in [-0.4, -0.2) is 6.54 Å². The molecule has 2 heteroatoms. The van der Waals surface area contributed by atoms with Gasteiger partial charge in [-0.15, -0.1) is 0 Å². The molecule has 1 N–H and O–H groups in total. The molecule has 0 unspecified atom stereocenters. The van der Waals surface area contributed by atoms with E-state index in [0.717, 1.165) is 16.7 Å². The summed E-state index contributed by atoms with van der Waals surface area (Å²) in [5.74, 6) is 0. The molecular weight excluding hydrogens is 262 g/mol. The zero-order valence-electron chi connectivity index (χ0n) is 9.20. The molecule has 0 aliphatic heterocycles. The summed E-state index contributed by atoms with van der Waals surface area (Å²) in [6, 6.07) is 12.7. The second-order valence-electron chi connectivity index (χ2n) is 3.66. The van der Waals surface area contributed by atoms with Crippen LogP contribution in [0.3, 0.4) is 0 Å². The molecule has 82 valence electrons. The lowest BCUT2D eigenvalue weighted by molar-refractivity contribution is 1.33. The molecular formula is C14H14BrN. The molecule has 1 nitrogen and oxygen atoms in total. The van der Waals surface area contributed by atoms with E-state index in [4.69, 9.17) is 0 Å². The van der Waals surface area contributed by atoms with Crippen LogP contribution in [0.4, 0.5) is 5.69 Å². The fourth-order valence-corrected chi connectivity index (χ4v) is 2.00. The minimum Gasteiger partial charge on any atom is -0.382 e. The fourth-order valence-electron chi connectivity index (χ4n) is 1.62. The lowest BCUT2D eigenvalue weighted by atomic mass is 10.1. The van der Waals surface area contributed by atoms with Crippen molar-refractivity contribution in [3.05, 3.63) is 53.0 Å². The lowest BCUT2D eigenvalue weighted by Crippen LogP contribution is -1.97. The molecule has 16 heavy (non-hydrogen) atoms. The zero-order valence-corrected chi connectivity index (χ0v) is 10.8. The third kappa shape index (κ3) is 2.64. The Morgan fingerprint density at radius 1 is 1.12 bits per heavy atom. The maximum Gasteiger partial charge on any atom is 0.0349 e. The predicted molar refractivity (Wildman–Crippen MR) is 75.0 cm³/mol. The molecule has 2 rings (SSSR count). The Hall–Kier alpha value is -1.28. The number of nitrogens with one attached hydrogen (secondary N) is 1. The van der Waals surface area contributed by atoms with Crippen LogP contribution < -0.4 is 5.32 Å². The summed E-state index contributed by atoms with van der Waals surface area (Å²) in [6.07, 6.45) is 4.15. The number of hydrogen-bond donors (Lipinski definition) is 1. The van der Waals surface area contributed by atoms with Crippen molar-refractivity contribution < 1.29 is 0 Å². The number of benzene rings is 2. The molecule has 0 aromatic heterocycles. The minimum atomic E-state index is 0.874. The van der Waals surface area contributed by atoms with Crippen molar-refractivity contribution in [2.75, 3.05) is 11.9 Å². The number of anilines is 1. The van der Waals surface area contributed by atoms with Crippen LogP contribution in [0.1, 0.15) is 6.92 Å². The van der Waals surface area contributed by atoms with E-state index in [-0.39, 0.29) is 0 Å². The molecule has 0 atom stereocenters. The number of fused-ring (bicyclic) bond motifs is 1. The Labute approximate surface area is 104 Å². The minimum absolute atomic E-state index is 0.874. The van der Waals surface area contributed by atoms with Gasteiger partial charge in [0.1, 0.15) is 0 Å². The van der Waals surface area contributed by atoms with E-state index in [2.05, 4.69) is 63.7 Å². The highest BCUT2D eigenvalue weighted by Gasteiger charge is 1.96. The molecule has 2 aromatic carbocycles. The number of allylic oxidation sites excluding steroid dienone is 1. The second kappa shape index (κ2) is 5.17. The molecule has 0 fully saturated rings. The quantitative estimate of drug-likeness (QED) is 0.808. The van der Waals surface area contributed by atoms with Crippen molar-refractivity contribution in [3.8, 4) is 0 Å². The van der Waals surface area contributed by atoms with E-state index in [1.807, 2.05) is 13.0 Å². The molecule has 0 aliphatic rings. The summed E-state index contributed by atoms with van der Waals surface area (Å²) in [6.45, 7) is 2.90. The van der Waals surface area contributed by atoms with Gasteiger partial charge in [-0.2, -0.15) is 0 Å². The molecule has 0 heterocycles. The summed E-state index contributed by atoms with van der Waals surface area (Å²) >= 11 is 3.48. The first-order chi connectivity index (χ1) is 7.79. The van der Waals surface area contributed by atoms with Gasteiger partial charge in [0.05, 0.1) is 0 Å². The highest BCUT2D eigenvalue weighted by atomic mass is 79.9. The van der Waals surface area contributed by atoms with Gasteiger partial charge in [0, 0.05) is 16.7 Å². The van der Waals surface area contributed by atoms with Gasteiger partial charge in [-0.3, -0.25) is 0 Å². The van der Waals surface area contributed by atoms with E-state index in [0.29, 0.717) is 0 Å². The smallest absolute Gasteiger partial charge is 0.0349 e. The van der Waals surface area contributed by atoms with E-state index < -0.39 is 0 Å². The molecule has 0 saturated heterocycles. The second-order valence-corrected chi connectivity index (χ2v) is 4.57. The Morgan fingerprint density at radius 3 is 2.69 bits per heavy atom. The van der Waals surface area contributed by atoms with Crippen LogP contribution in [0.5, 0.6) is 0 Å². The molecule has 0 amide bonds. The standard InChI is InChI=1S/C14H14BrN/c1-2-3-8-16-14-7-5-11-9-13(15)6-4-12(11)10-14/h2-7,9-10,16H,8H2,1H3/b3-2+. The van der Waals surface area contributed by atoms with Crippen LogP contribution in [0.15, 0.2) is 53.0 Å². The third-order valence-corrected chi connectivity index (χ3v) is 2.96. The van der Waals surface area contributed by atoms with Crippen LogP contribution >= 0.6 is 15.9 Å².